The van der Waals surface area contributed by atoms with Crippen LogP contribution in [0.25, 0.3) is 0 Å². The van der Waals surface area contributed by atoms with E-state index in [-0.39, 0.29) is 0 Å². The maximum absolute atomic E-state index is 12.0. The minimum Gasteiger partial charge on any atom is -0.402 e. The normalized spacial score (nSPS) is 11.8. The zero-order chi connectivity index (χ0) is 14.0. The van der Waals surface area contributed by atoms with Crippen LogP contribution in [0, 0.1) is 11.3 Å². The fraction of sp³-hybridized carbons (Fsp3) is 0.222. The lowest BCUT2D eigenvalue weighted by molar-refractivity contribution is -0.287. The molecule has 0 aliphatic rings. The molecule has 9 heteroatoms. The van der Waals surface area contributed by atoms with Crippen LogP contribution in [-0.2, 0) is 0 Å². The highest BCUT2D eigenvalue weighted by molar-refractivity contribution is 5.52. The smallest absolute Gasteiger partial charge is 0.402 e. The first-order valence-electron chi connectivity index (χ1n) is 4.17. The molecule has 0 aromatic heterocycles. The third-order valence-electron chi connectivity index (χ3n) is 1.54. The number of hydrogen-bond donors (Lipinski definition) is 0. The van der Waals surface area contributed by atoms with E-state index in [1.807, 2.05) is 0 Å². The molecule has 1 rings (SSSR count). The molecule has 0 amide bonds. The van der Waals surface area contributed by atoms with Crippen molar-refractivity contribution in [1.82, 2.24) is 0 Å². The van der Waals surface area contributed by atoms with Gasteiger partial charge in [0.05, 0.1) is 5.56 Å². The Morgan fingerprint density at radius 2 is 1.50 bits per heavy atom. The molecule has 0 fully saturated rings. The number of ether oxygens (including phenoxy) is 2. The van der Waals surface area contributed by atoms with Gasteiger partial charge in [0, 0.05) is 0 Å². The van der Waals surface area contributed by atoms with Gasteiger partial charge in [-0.15, -0.1) is 26.3 Å². The summed E-state index contributed by atoms with van der Waals surface area (Å²) >= 11 is 0. The number of nitrogens with zero attached hydrogens (tertiary/aromatic N) is 1. The van der Waals surface area contributed by atoms with Crippen molar-refractivity contribution in [2.45, 2.75) is 12.7 Å². The molecule has 0 radical (unpaired) electrons. The molecular weight excluding hydrogens is 268 g/mol. The van der Waals surface area contributed by atoms with E-state index in [9.17, 15) is 26.3 Å². The fourth-order valence-electron chi connectivity index (χ4n) is 1.03. The Morgan fingerprint density at radius 1 is 0.944 bits per heavy atom. The third-order valence-corrected chi connectivity index (χ3v) is 1.54. The van der Waals surface area contributed by atoms with Crippen molar-refractivity contribution < 1.29 is 35.8 Å². The summed E-state index contributed by atoms with van der Waals surface area (Å²) in [6.45, 7) is 0. The number of halogens is 6. The first kappa shape index (κ1) is 14.0. The van der Waals surface area contributed by atoms with E-state index in [4.69, 9.17) is 5.26 Å². The lowest BCUT2D eigenvalue weighted by Gasteiger charge is -2.15. The minimum atomic E-state index is -5.24. The van der Waals surface area contributed by atoms with Crippen LogP contribution in [0.5, 0.6) is 11.5 Å². The van der Waals surface area contributed by atoms with Gasteiger partial charge < -0.3 is 9.47 Å². The van der Waals surface area contributed by atoms with Crippen molar-refractivity contribution in [2.24, 2.45) is 0 Å². The van der Waals surface area contributed by atoms with Crippen LogP contribution in [0.2, 0.25) is 0 Å². The van der Waals surface area contributed by atoms with E-state index >= 15 is 0 Å². The van der Waals surface area contributed by atoms with E-state index in [0.717, 1.165) is 12.1 Å². The van der Waals surface area contributed by atoms with E-state index < -0.39 is 29.8 Å². The van der Waals surface area contributed by atoms with Gasteiger partial charge in [-0.25, -0.2) is 0 Å². The largest absolute Gasteiger partial charge is 0.573 e. The second-order valence-corrected chi connectivity index (χ2v) is 2.84. The Bertz CT molecular complexity index is 473. The highest BCUT2D eigenvalue weighted by atomic mass is 19.4. The topological polar surface area (TPSA) is 42.2 Å². The van der Waals surface area contributed by atoms with Crippen molar-refractivity contribution in [3.05, 3.63) is 23.8 Å². The van der Waals surface area contributed by atoms with Crippen molar-refractivity contribution in [3.8, 4) is 17.6 Å². The summed E-state index contributed by atoms with van der Waals surface area (Å²) in [5.41, 5.74) is -0.728. The second kappa shape index (κ2) is 4.64. The van der Waals surface area contributed by atoms with Crippen LogP contribution >= 0.6 is 0 Å². The molecule has 0 N–H and O–H groups in total. The van der Waals surface area contributed by atoms with E-state index in [2.05, 4.69) is 9.47 Å². The molecule has 0 atom stereocenters. The maximum Gasteiger partial charge on any atom is 0.573 e. The molecule has 0 saturated heterocycles. The summed E-state index contributed by atoms with van der Waals surface area (Å²) in [6, 6.07) is 3.68. The van der Waals surface area contributed by atoms with Crippen molar-refractivity contribution in [3.63, 3.8) is 0 Å². The zero-order valence-electron chi connectivity index (χ0n) is 8.26. The zero-order valence-corrected chi connectivity index (χ0v) is 8.26. The summed E-state index contributed by atoms with van der Waals surface area (Å²) in [5, 5.41) is 8.50. The predicted molar refractivity (Wildman–Crippen MR) is 44.5 cm³/mol. The molecule has 0 spiro atoms. The number of rotatable bonds is 2. The molecule has 3 nitrogen and oxygen atoms in total. The lowest BCUT2D eigenvalue weighted by Crippen LogP contribution is -2.21. The Hall–Kier alpha value is -2.11. The summed E-state index contributed by atoms with van der Waals surface area (Å²) in [6.07, 6.45) is -10.4. The Morgan fingerprint density at radius 3 is 1.94 bits per heavy atom. The molecule has 0 aliphatic heterocycles. The van der Waals surface area contributed by atoms with Gasteiger partial charge in [-0.1, -0.05) is 6.07 Å². The van der Waals surface area contributed by atoms with Crippen LogP contribution < -0.4 is 9.47 Å². The molecule has 0 bridgehead atoms. The van der Waals surface area contributed by atoms with Gasteiger partial charge in [0.2, 0.25) is 0 Å². The molecule has 18 heavy (non-hydrogen) atoms. The molecular formula is C9H3F6NO2. The maximum atomic E-state index is 12.0. The molecule has 1 aromatic carbocycles. The average Bonchev–Trinajstić information content (AvgIpc) is 2.16. The predicted octanol–water partition coefficient (Wildman–Crippen LogP) is 3.36. The first-order valence-corrected chi connectivity index (χ1v) is 4.17. The highest BCUT2D eigenvalue weighted by Gasteiger charge is 2.37. The van der Waals surface area contributed by atoms with Crippen molar-refractivity contribution in [2.75, 3.05) is 0 Å². The Labute approximate surface area is 96.1 Å². The molecule has 98 valence electrons. The van der Waals surface area contributed by atoms with Crippen LogP contribution in [-0.4, -0.2) is 12.7 Å². The molecule has 0 aliphatic carbocycles. The van der Waals surface area contributed by atoms with Gasteiger partial charge in [-0.2, -0.15) is 5.26 Å². The monoisotopic (exact) mass is 271 g/mol. The van der Waals surface area contributed by atoms with E-state index in [1.54, 1.807) is 0 Å². The van der Waals surface area contributed by atoms with Crippen LogP contribution in [0.3, 0.4) is 0 Å². The third kappa shape index (κ3) is 4.04. The Kier molecular flexibility index (Phi) is 3.59. The van der Waals surface area contributed by atoms with Gasteiger partial charge >= 0.3 is 12.7 Å². The molecule has 0 saturated carbocycles. The quantitative estimate of drug-likeness (QED) is 0.774. The SMILES string of the molecule is N#Cc1cccc(OC(F)(F)F)c1OC(F)(F)F. The lowest BCUT2D eigenvalue weighted by atomic mass is 10.2. The Balaban J connectivity index is 3.22. The van der Waals surface area contributed by atoms with Crippen molar-refractivity contribution in [1.29, 1.82) is 5.26 Å². The van der Waals surface area contributed by atoms with Gasteiger partial charge in [0.25, 0.3) is 0 Å². The standard InChI is InChI=1S/C9H3F6NO2/c10-8(11,12)17-6-3-1-2-5(4-16)7(6)18-9(13,14)15/h1-3H. The molecule has 1 aromatic rings. The van der Waals surface area contributed by atoms with Crippen LogP contribution in [0.15, 0.2) is 18.2 Å². The molecule has 0 heterocycles. The number of nitriles is 1. The fourth-order valence-corrected chi connectivity index (χ4v) is 1.03. The summed E-state index contributed by atoms with van der Waals surface area (Å²) in [4.78, 5) is 0. The van der Waals surface area contributed by atoms with Gasteiger partial charge in [0.1, 0.15) is 6.07 Å². The van der Waals surface area contributed by atoms with Gasteiger partial charge in [0.15, 0.2) is 11.5 Å². The van der Waals surface area contributed by atoms with Crippen LogP contribution in [0.1, 0.15) is 5.56 Å². The van der Waals surface area contributed by atoms with Crippen molar-refractivity contribution >= 4 is 0 Å². The average molecular weight is 271 g/mol. The number of alkyl halides is 6. The van der Waals surface area contributed by atoms with Gasteiger partial charge in [-0.05, 0) is 12.1 Å². The number of benzene rings is 1. The van der Waals surface area contributed by atoms with E-state index in [0.29, 0.717) is 6.07 Å². The first-order chi connectivity index (χ1) is 8.12. The summed E-state index contributed by atoms with van der Waals surface area (Å²) in [7, 11) is 0. The second-order valence-electron chi connectivity index (χ2n) is 2.84. The summed E-state index contributed by atoms with van der Waals surface area (Å²) < 4.78 is 78.5. The summed E-state index contributed by atoms with van der Waals surface area (Å²) in [5.74, 6) is -2.57. The minimum absolute atomic E-state index is 0.607. The number of hydrogen-bond acceptors (Lipinski definition) is 3. The van der Waals surface area contributed by atoms with E-state index in [1.165, 1.54) is 6.07 Å². The van der Waals surface area contributed by atoms with Crippen LogP contribution in [0.4, 0.5) is 26.3 Å². The highest BCUT2D eigenvalue weighted by Crippen LogP contribution is 2.37. The number of para-hydroxylation sites is 1. The van der Waals surface area contributed by atoms with Gasteiger partial charge in [-0.3, -0.25) is 0 Å². The molecule has 0 unspecified atom stereocenters.